The van der Waals surface area contributed by atoms with Crippen molar-refractivity contribution in [3.8, 4) is 0 Å². The minimum atomic E-state index is -0.230. The van der Waals surface area contributed by atoms with Crippen LogP contribution >= 0.6 is 11.3 Å². The van der Waals surface area contributed by atoms with Gasteiger partial charge in [0.1, 0.15) is 4.88 Å². The highest BCUT2D eigenvalue weighted by Crippen LogP contribution is 2.31. The second-order valence-electron chi connectivity index (χ2n) is 6.36. The van der Waals surface area contributed by atoms with E-state index in [1.54, 1.807) is 0 Å². The molecule has 3 aromatic rings. The minimum absolute atomic E-state index is 0.230. The summed E-state index contributed by atoms with van der Waals surface area (Å²) in [5, 5.41) is 1.10. The van der Waals surface area contributed by atoms with Crippen LogP contribution in [0, 0.1) is 0 Å². The van der Waals surface area contributed by atoms with Crippen LogP contribution in [-0.2, 0) is 4.74 Å². The molecule has 5 heteroatoms. The van der Waals surface area contributed by atoms with Gasteiger partial charge in [0.05, 0.1) is 6.61 Å². The first-order valence-corrected chi connectivity index (χ1v) is 9.82. The Labute approximate surface area is 157 Å². The maximum absolute atomic E-state index is 11.9. The molecule has 0 bridgehead atoms. The first kappa shape index (κ1) is 16.9. The van der Waals surface area contributed by atoms with Crippen molar-refractivity contribution in [3.63, 3.8) is 0 Å². The largest absolute Gasteiger partial charge is 0.462 e. The van der Waals surface area contributed by atoms with E-state index in [0.29, 0.717) is 11.5 Å². The third-order valence-electron chi connectivity index (χ3n) is 4.75. The van der Waals surface area contributed by atoms with Gasteiger partial charge in [-0.2, -0.15) is 0 Å². The monoisotopic (exact) mass is 366 g/mol. The van der Waals surface area contributed by atoms with Crippen LogP contribution < -0.4 is 9.80 Å². The van der Waals surface area contributed by atoms with Crippen LogP contribution in [0.1, 0.15) is 16.6 Å². The molecular formula is C21H22N2O2S. The van der Waals surface area contributed by atoms with Crippen LogP contribution in [-0.4, -0.2) is 38.8 Å². The summed E-state index contributed by atoms with van der Waals surface area (Å²) in [6, 6.07) is 19.0. The Morgan fingerprint density at radius 1 is 0.962 bits per heavy atom. The van der Waals surface area contributed by atoms with Crippen LogP contribution in [0.15, 0.2) is 54.6 Å². The number of fused-ring (bicyclic) bond motifs is 1. The molecule has 0 N–H and O–H groups in total. The Hall–Kier alpha value is -2.53. The molecule has 1 aromatic heterocycles. The molecule has 1 aliphatic heterocycles. The predicted molar refractivity (Wildman–Crippen MR) is 109 cm³/mol. The summed E-state index contributed by atoms with van der Waals surface area (Å²) in [6.45, 7) is 6.26. The van der Waals surface area contributed by atoms with E-state index in [4.69, 9.17) is 4.74 Å². The first-order chi connectivity index (χ1) is 12.7. The summed E-state index contributed by atoms with van der Waals surface area (Å²) in [6.07, 6.45) is 0. The zero-order valence-corrected chi connectivity index (χ0v) is 15.7. The van der Waals surface area contributed by atoms with Gasteiger partial charge in [0.2, 0.25) is 0 Å². The van der Waals surface area contributed by atoms with Crippen LogP contribution in [0.25, 0.3) is 10.1 Å². The predicted octanol–water partition coefficient (Wildman–Crippen LogP) is 4.40. The Morgan fingerprint density at radius 2 is 1.65 bits per heavy atom. The van der Waals surface area contributed by atoms with E-state index in [2.05, 4.69) is 58.3 Å². The standard InChI is InChI=1S/C21H22N2O2S/c1-2-25-21(24)20-14-16-8-9-18(15-19(16)26-20)23-12-10-22(11-13-23)17-6-4-3-5-7-17/h3-9,14-15H,2,10-13H2,1H3. The van der Waals surface area contributed by atoms with Gasteiger partial charge in [-0.05, 0) is 42.6 Å². The Kier molecular flexibility index (Phi) is 4.80. The summed E-state index contributed by atoms with van der Waals surface area (Å²) >= 11 is 1.51. The molecule has 0 saturated carbocycles. The number of carbonyl (C=O) groups is 1. The van der Waals surface area contributed by atoms with Crippen molar-refractivity contribution >= 4 is 38.8 Å². The fourth-order valence-corrected chi connectivity index (χ4v) is 4.37. The number of para-hydroxylation sites is 1. The summed E-state index contributed by atoms with van der Waals surface area (Å²) in [5.74, 6) is -0.230. The van der Waals surface area contributed by atoms with Crippen LogP contribution in [0.4, 0.5) is 11.4 Å². The van der Waals surface area contributed by atoms with Crippen molar-refractivity contribution in [1.29, 1.82) is 0 Å². The SMILES string of the molecule is CCOC(=O)c1cc2ccc(N3CCN(c4ccccc4)CC3)cc2s1. The molecule has 1 aliphatic rings. The number of benzene rings is 2. The number of ether oxygens (including phenoxy) is 1. The lowest BCUT2D eigenvalue weighted by Crippen LogP contribution is -2.46. The minimum Gasteiger partial charge on any atom is -0.462 e. The molecule has 0 atom stereocenters. The van der Waals surface area contributed by atoms with E-state index in [1.807, 2.05) is 13.0 Å². The lowest BCUT2D eigenvalue weighted by Gasteiger charge is -2.37. The molecule has 26 heavy (non-hydrogen) atoms. The Bertz CT molecular complexity index is 899. The summed E-state index contributed by atoms with van der Waals surface area (Å²) in [7, 11) is 0. The third-order valence-corrected chi connectivity index (χ3v) is 5.82. The van der Waals surface area contributed by atoms with E-state index in [1.165, 1.54) is 22.7 Å². The summed E-state index contributed by atoms with van der Waals surface area (Å²) in [4.78, 5) is 17.5. The number of nitrogens with zero attached hydrogens (tertiary/aromatic N) is 2. The summed E-state index contributed by atoms with van der Waals surface area (Å²) < 4.78 is 6.25. The fraction of sp³-hybridized carbons (Fsp3) is 0.286. The van der Waals surface area contributed by atoms with Gasteiger partial charge >= 0.3 is 5.97 Å². The van der Waals surface area contributed by atoms with Crippen molar-refractivity contribution in [1.82, 2.24) is 0 Å². The maximum Gasteiger partial charge on any atom is 0.348 e. The lowest BCUT2D eigenvalue weighted by molar-refractivity contribution is 0.0532. The van der Waals surface area contributed by atoms with Gasteiger partial charge in [-0.3, -0.25) is 0 Å². The quantitative estimate of drug-likeness (QED) is 0.641. The molecule has 134 valence electrons. The maximum atomic E-state index is 11.9. The highest BCUT2D eigenvalue weighted by atomic mass is 32.1. The Morgan fingerprint density at radius 3 is 2.35 bits per heavy atom. The van der Waals surface area contributed by atoms with Crippen LogP contribution in [0.5, 0.6) is 0 Å². The second-order valence-corrected chi connectivity index (χ2v) is 7.45. The van der Waals surface area contributed by atoms with Gasteiger partial charge in [0, 0.05) is 42.3 Å². The average Bonchev–Trinajstić information content (AvgIpc) is 3.12. The van der Waals surface area contributed by atoms with Gasteiger partial charge in [-0.1, -0.05) is 24.3 Å². The van der Waals surface area contributed by atoms with Crippen LogP contribution in [0.2, 0.25) is 0 Å². The van der Waals surface area contributed by atoms with Gasteiger partial charge in [0.25, 0.3) is 0 Å². The molecule has 4 rings (SSSR count). The molecule has 2 aromatic carbocycles. The van der Waals surface area contributed by atoms with Crippen molar-refractivity contribution in [2.24, 2.45) is 0 Å². The van der Waals surface area contributed by atoms with E-state index in [-0.39, 0.29) is 5.97 Å². The third kappa shape index (κ3) is 3.40. The lowest BCUT2D eigenvalue weighted by atomic mass is 10.2. The van der Waals surface area contributed by atoms with Crippen molar-refractivity contribution in [3.05, 3.63) is 59.5 Å². The number of hydrogen-bond donors (Lipinski definition) is 0. The van der Waals surface area contributed by atoms with Gasteiger partial charge in [0.15, 0.2) is 0 Å². The van der Waals surface area contributed by atoms with Gasteiger partial charge in [-0.25, -0.2) is 4.79 Å². The van der Waals surface area contributed by atoms with Crippen molar-refractivity contribution in [2.75, 3.05) is 42.6 Å². The number of hydrogen-bond acceptors (Lipinski definition) is 5. The number of anilines is 2. The van der Waals surface area contributed by atoms with Gasteiger partial charge < -0.3 is 14.5 Å². The molecule has 0 amide bonds. The number of esters is 1. The highest BCUT2D eigenvalue weighted by Gasteiger charge is 2.18. The van der Waals surface area contributed by atoms with E-state index >= 15 is 0 Å². The highest BCUT2D eigenvalue weighted by molar-refractivity contribution is 7.20. The zero-order valence-electron chi connectivity index (χ0n) is 14.9. The van der Waals surface area contributed by atoms with Gasteiger partial charge in [-0.15, -0.1) is 11.3 Å². The zero-order chi connectivity index (χ0) is 17.9. The summed E-state index contributed by atoms with van der Waals surface area (Å²) in [5.41, 5.74) is 2.52. The number of thiophene rings is 1. The van der Waals surface area contributed by atoms with Crippen molar-refractivity contribution in [2.45, 2.75) is 6.92 Å². The first-order valence-electron chi connectivity index (χ1n) is 9.00. The van der Waals surface area contributed by atoms with E-state index in [9.17, 15) is 4.79 Å². The molecule has 2 heterocycles. The normalized spacial score (nSPS) is 14.7. The molecule has 0 radical (unpaired) electrons. The Balaban J connectivity index is 1.48. The average molecular weight is 366 g/mol. The number of piperazine rings is 1. The fourth-order valence-electron chi connectivity index (χ4n) is 3.38. The molecule has 4 nitrogen and oxygen atoms in total. The van der Waals surface area contributed by atoms with E-state index < -0.39 is 0 Å². The van der Waals surface area contributed by atoms with Crippen molar-refractivity contribution < 1.29 is 9.53 Å². The molecule has 1 fully saturated rings. The second kappa shape index (κ2) is 7.38. The smallest absolute Gasteiger partial charge is 0.348 e. The van der Waals surface area contributed by atoms with Crippen LogP contribution in [0.3, 0.4) is 0 Å². The molecule has 1 saturated heterocycles. The number of rotatable bonds is 4. The molecule has 0 aliphatic carbocycles. The molecule has 0 unspecified atom stereocenters. The topological polar surface area (TPSA) is 32.8 Å². The molecular weight excluding hydrogens is 344 g/mol. The molecule has 0 spiro atoms. The number of carbonyl (C=O) groups excluding carboxylic acids is 1. The van der Waals surface area contributed by atoms with E-state index in [0.717, 1.165) is 36.3 Å².